The second kappa shape index (κ2) is 9.94. The molecular weight excluding hydrogens is 490 g/mol. The Morgan fingerprint density at radius 1 is 1.00 bits per heavy atom. The molecule has 194 valence electrons. The number of fused-ring (bicyclic) bond motifs is 1. The Balaban J connectivity index is 1.84. The Bertz CT molecular complexity index is 1430. The van der Waals surface area contributed by atoms with Crippen molar-refractivity contribution in [3.63, 3.8) is 0 Å². The number of ketones is 1. The maximum absolute atomic E-state index is 13.4. The number of rotatable bonds is 6. The fourth-order valence-electron chi connectivity index (χ4n) is 4.79. The molecule has 2 heterocycles. The highest BCUT2D eigenvalue weighted by Gasteiger charge is 2.45. The van der Waals surface area contributed by atoms with Crippen molar-refractivity contribution in [3.8, 4) is 17.6 Å². The quantitative estimate of drug-likeness (QED) is 0.451. The first-order valence-electron chi connectivity index (χ1n) is 12.0. The van der Waals surface area contributed by atoms with Gasteiger partial charge in [-0.25, -0.2) is 9.59 Å². The second-order valence-electron chi connectivity index (χ2n) is 8.99. The molecule has 2 aromatic carbocycles. The van der Waals surface area contributed by atoms with Gasteiger partial charge < -0.3 is 24.7 Å². The summed E-state index contributed by atoms with van der Waals surface area (Å²) in [5.74, 6) is -2.54. The van der Waals surface area contributed by atoms with E-state index < -0.39 is 17.9 Å². The third kappa shape index (κ3) is 4.12. The van der Waals surface area contributed by atoms with E-state index in [1.54, 1.807) is 36.4 Å². The van der Waals surface area contributed by atoms with Crippen LogP contribution in [0.25, 0.3) is 0 Å². The number of anilines is 1. The van der Waals surface area contributed by atoms with Crippen LogP contribution in [-0.4, -0.2) is 45.2 Å². The molecule has 38 heavy (non-hydrogen) atoms. The molecule has 0 spiro atoms. The number of nitriles is 1. The highest BCUT2D eigenvalue weighted by molar-refractivity contribution is 6.10. The average Bonchev–Trinajstić information content (AvgIpc) is 3.81. The number of nitrogens with zero attached hydrogens (tertiary/aromatic N) is 2. The number of methoxy groups -OCH3 is 2. The molecule has 0 aromatic heterocycles. The van der Waals surface area contributed by atoms with Gasteiger partial charge in [0.25, 0.3) is 0 Å². The maximum Gasteiger partial charge on any atom is 0.355 e. The van der Waals surface area contributed by atoms with Crippen LogP contribution in [-0.2, 0) is 19.1 Å². The predicted octanol–water partition coefficient (Wildman–Crippen LogP) is 2.95. The predicted molar refractivity (Wildman–Crippen MR) is 134 cm³/mol. The summed E-state index contributed by atoms with van der Waals surface area (Å²) in [5.41, 5.74) is 7.17. The Morgan fingerprint density at radius 3 is 2.21 bits per heavy atom. The van der Waals surface area contributed by atoms with Crippen LogP contribution >= 0.6 is 0 Å². The van der Waals surface area contributed by atoms with Crippen LogP contribution < -0.4 is 20.1 Å². The van der Waals surface area contributed by atoms with Gasteiger partial charge in [0.15, 0.2) is 17.3 Å². The number of Topliss-reactive ketones (excluding diaryl/α,β-unsaturated/α-hetero) is 1. The summed E-state index contributed by atoms with van der Waals surface area (Å²) in [6, 6.07) is 13.9. The highest BCUT2D eigenvalue weighted by atomic mass is 16.6. The topological polar surface area (TPSA) is 141 Å². The molecule has 2 aliphatic heterocycles. The lowest BCUT2D eigenvalue weighted by Gasteiger charge is -2.37. The van der Waals surface area contributed by atoms with Crippen molar-refractivity contribution in [2.24, 2.45) is 11.7 Å². The summed E-state index contributed by atoms with van der Waals surface area (Å²) < 4.78 is 21.6. The summed E-state index contributed by atoms with van der Waals surface area (Å²) >= 11 is 0. The number of nitrogens with two attached hydrogens (primary N) is 1. The SMILES string of the molecule is COC(=O)C1=C(C(=O)OC)N(c2cc3c(cc2C(=O)C2CC2)OCCO3)C(N)=C(C#N)C1c1ccccc1. The molecule has 1 saturated carbocycles. The molecule has 2 aromatic rings. The van der Waals surface area contributed by atoms with Gasteiger partial charge in [-0.05, 0) is 24.5 Å². The van der Waals surface area contributed by atoms with Gasteiger partial charge in [0.2, 0.25) is 0 Å². The van der Waals surface area contributed by atoms with E-state index in [2.05, 4.69) is 6.07 Å². The Kier molecular flexibility index (Phi) is 6.51. The van der Waals surface area contributed by atoms with Gasteiger partial charge in [0.1, 0.15) is 24.7 Å². The van der Waals surface area contributed by atoms with E-state index in [1.807, 2.05) is 0 Å². The van der Waals surface area contributed by atoms with Crippen molar-refractivity contribution in [2.75, 3.05) is 32.3 Å². The van der Waals surface area contributed by atoms with Crippen LogP contribution in [0.1, 0.15) is 34.7 Å². The molecule has 0 radical (unpaired) electrons. The smallest absolute Gasteiger partial charge is 0.355 e. The molecule has 3 aliphatic rings. The van der Waals surface area contributed by atoms with Gasteiger partial charge >= 0.3 is 11.9 Å². The number of esters is 2. The number of hydrogen-bond acceptors (Lipinski definition) is 10. The lowest BCUT2D eigenvalue weighted by atomic mass is 9.80. The summed E-state index contributed by atoms with van der Waals surface area (Å²) in [5, 5.41) is 10.3. The minimum Gasteiger partial charge on any atom is -0.486 e. The first kappa shape index (κ1) is 24.9. The van der Waals surface area contributed by atoms with E-state index >= 15 is 0 Å². The van der Waals surface area contributed by atoms with E-state index in [4.69, 9.17) is 24.7 Å². The molecule has 1 fully saturated rings. The Hall–Kier alpha value is -4.78. The standard InChI is InChI=1S/C28H25N3O7/c1-35-27(33)23-22(15-6-4-3-5-7-15)18(14-29)26(30)31(24(23)28(34)36-2)19-13-21-20(37-10-11-38-21)12-17(19)25(32)16-8-9-16/h3-7,12-13,16,22H,8-11,30H2,1-2H3. The van der Waals surface area contributed by atoms with Gasteiger partial charge in [-0.1, -0.05) is 30.3 Å². The monoisotopic (exact) mass is 515 g/mol. The zero-order valence-corrected chi connectivity index (χ0v) is 20.9. The zero-order chi connectivity index (χ0) is 27.0. The molecule has 5 rings (SSSR count). The lowest BCUT2D eigenvalue weighted by Crippen LogP contribution is -2.41. The molecule has 0 saturated heterocycles. The van der Waals surface area contributed by atoms with Crippen LogP contribution in [0, 0.1) is 17.2 Å². The van der Waals surface area contributed by atoms with Crippen LogP contribution in [0.4, 0.5) is 5.69 Å². The third-order valence-electron chi connectivity index (χ3n) is 6.73. The van der Waals surface area contributed by atoms with E-state index in [0.717, 1.165) is 12.8 Å². The van der Waals surface area contributed by atoms with Crippen molar-refractivity contribution in [2.45, 2.75) is 18.8 Å². The van der Waals surface area contributed by atoms with E-state index in [1.165, 1.54) is 25.2 Å². The fourth-order valence-corrected chi connectivity index (χ4v) is 4.79. The molecule has 0 amide bonds. The van der Waals surface area contributed by atoms with Crippen molar-refractivity contribution < 1.29 is 33.3 Å². The molecule has 10 heteroatoms. The van der Waals surface area contributed by atoms with Gasteiger partial charge in [0.05, 0.1) is 43.0 Å². The van der Waals surface area contributed by atoms with E-state index in [-0.39, 0.29) is 52.2 Å². The minimum atomic E-state index is -1.02. The normalized spacial score (nSPS) is 18.6. The summed E-state index contributed by atoms with van der Waals surface area (Å²) in [6.07, 6.45) is 1.45. The van der Waals surface area contributed by atoms with Crippen molar-refractivity contribution in [3.05, 3.63) is 76.3 Å². The van der Waals surface area contributed by atoms with E-state index in [9.17, 15) is 19.6 Å². The Labute approximate surface area is 218 Å². The van der Waals surface area contributed by atoms with E-state index in [0.29, 0.717) is 23.7 Å². The van der Waals surface area contributed by atoms with Crippen LogP contribution in [0.15, 0.2) is 65.1 Å². The van der Waals surface area contributed by atoms with Gasteiger partial charge in [-0.2, -0.15) is 5.26 Å². The summed E-state index contributed by atoms with van der Waals surface area (Å²) in [6.45, 7) is 0.590. The van der Waals surface area contributed by atoms with Crippen molar-refractivity contribution in [1.82, 2.24) is 0 Å². The van der Waals surface area contributed by atoms with Crippen LogP contribution in [0.5, 0.6) is 11.5 Å². The maximum atomic E-state index is 13.4. The Morgan fingerprint density at radius 2 is 1.63 bits per heavy atom. The molecule has 0 bridgehead atoms. The minimum absolute atomic E-state index is 0.00367. The van der Waals surface area contributed by atoms with Crippen LogP contribution in [0.3, 0.4) is 0 Å². The third-order valence-corrected chi connectivity index (χ3v) is 6.73. The molecule has 10 nitrogen and oxygen atoms in total. The number of allylic oxidation sites excluding steroid dienone is 1. The molecule has 1 unspecified atom stereocenters. The van der Waals surface area contributed by atoms with Gasteiger partial charge in [-0.3, -0.25) is 9.69 Å². The second-order valence-corrected chi connectivity index (χ2v) is 8.99. The first-order valence-corrected chi connectivity index (χ1v) is 12.0. The summed E-state index contributed by atoms with van der Waals surface area (Å²) in [4.78, 5) is 41.4. The van der Waals surface area contributed by atoms with Crippen molar-refractivity contribution in [1.29, 1.82) is 5.26 Å². The largest absolute Gasteiger partial charge is 0.486 e. The van der Waals surface area contributed by atoms with Gasteiger partial charge in [0, 0.05) is 17.5 Å². The molecule has 1 aliphatic carbocycles. The zero-order valence-electron chi connectivity index (χ0n) is 20.9. The number of benzene rings is 2. The average molecular weight is 516 g/mol. The van der Waals surface area contributed by atoms with Crippen LogP contribution in [0.2, 0.25) is 0 Å². The fraction of sp³-hybridized carbons (Fsp3) is 0.286. The number of ether oxygens (including phenoxy) is 4. The first-order chi connectivity index (χ1) is 18.4. The molecule has 2 N–H and O–H groups in total. The van der Waals surface area contributed by atoms with Gasteiger partial charge in [-0.15, -0.1) is 0 Å². The number of hydrogen-bond donors (Lipinski definition) is 1. The summed E-state index contributed by atoms with van der Waals surface area (Å²) in [7, 11) is 2.34. The highest BCUT2D eigenvalue weighted by Crippen LogP contribution is 2.47. The lowest BCUT2D eigenvalue weighted by molar-refractivity contribution is -0.139. The number of carbonyl (C=O) groups is 3. The molecule has 1 atom stereocenters. The van der Waals surface area contributed by atoms with Crippen molar-refractivity contribution >= 4 is 23.4 Å². The number of carbonyl (C=O) groups excluding carboxylic acids is 3. The molecular formula is C28H25N3O7.